The summed E-state index contributed by atoms with van der Waals surface area (Å²) < 4.78 is 84.7. The molecule has 1 amide bonds. The number of nitrogens with zero attached hydrogens (tertiary/aromatic N) is 4. The Bertz CT molecular complexity index is 1570. The van der Waals surface area contributed by atoms with Gasteiger partial charge in [-0.25, -0.2) is 31.3 Å². The van der Waals surface area contributed by atoms with Crippen molar-refractivity contribution >= 4 is 27.6 Å². The van der Waals surface area contributed by atoms with Gasteiger partial charge in [-0.15, -0.1) is 0 Å². The first-order valence-electron chi connectivity index (χ1n) is 12.4. The lowest BCUT2D eigenvalue weighted by molar-refractivity contribution is 0.155. The Morgan fingerprint density at radius 2 is 1.88 bits per heavy atom. The smallest absolute Gasteiger partial charge is 0.407 e. The van der Waals surface area contributed by atoms with E-state index in [4.69, 9.17) is 9.47 Å². The van der Waals surface area contributed by atoms with Gasteiger partial charge in [0, 0.05) is 49.1 Å². The molecule has 0 radical (unpaired) electrons. The summed E-state index contributed by atoms with van der Waals surface area (Å²) >= 11 is 0. The second-order valence-corrected chi connectivity index (χ2v) is 11.2. The summed E-state index contributed by atoms with van der Waals surface area (Å²) in [4.78, 5) is 16.5. The quantitative estimate of drug-likeness (QED) is 0.363. The number of carboxylic acid groups (broad SMARTS) is 1. The molecule has 2 aromatic carbocycles. The van der Waals surface area contributed by atoms with E-state index in [1.807, 2.05) is 0 Å². The van der Waals surface area contributed by atoms with Crippen molar-refractivity contribution in [3.8, 4) is 11.5 Å². The summed E-state index contributed by atoms with van der Waals surface area (Å²) in [6.45, 7) is 1.18. The zero-order chi connectivity index (χ0) is 30.1. The number of carbonyl (C=O) groups is 1. The lowest BCUT2D eigenvalue weighted by Gasteiger charge is -2.30. The molecule has 1 N–H and O–H groups in total. The van der Waals surface area contributed by atoms with E-state index < -0.39 is 51.0 Å². The minimum atomic E-state index is -5.01. The fourth-order valence-corrected chi connectivity index (χ4v) is 6.35. The maximum atomic E-state index is 15.9. The fourth-order valence-electron chi connectivity index (χ4n) is 4.79. The maximum Gasteiger partial charge on any atom is 0.407 e. The molecule has 0 aliphatic carbocycles. The Morgan fingerprint density at radius 3 is 2.49 bits per heavy atom. The molecule has 220 valence electrons. The predicted molar refractivity (Wildman–Crippen MR) is 145 cm³/mol. The van der Waals surface area contributed by atoms with Crippen LogP contribution < -0.4 is 18.7 Å². The minimum Gasteiger partial charge on any atom is -0.497 e. The third-order valence-corrected chi connectivity index (χ3v) is 8.85. The Kier molecular flexibility index (Phi) is 8.52. The fraction of sp³-hybridized carbons (Fsp3) is 0.333. The van der Waals surface area contributed by atoms with Crippen molar-refractivity contribution in [2.24, 2.45) is 0 Å². The van der Waals surface area contributed by atoms with Crippen LogP contribution in [0.3, 0.4) is 0 Å². The van der Waals surface area contributed by atoms with Crippen molar-refractivity contribution in [1.29, 1.82) is 0 Å². The maximum absolute atomic E-state index is 15.9. The highest BCUT2D eigenvalue weighted by atomic mass is 32.2. The van der Waals surface area contributed by atoms with Gasteiger partial charge in [0.25, 0.3) is 10.0 Å². The highest BCUT2D eigenvalue weighted by molar-refractivity contribution is 7.92. The Labute approximate surface area is 235 Å². The zero-order valence-electron chi connectivity index (χ0n) is 22.8. The molecule has 1 aliphatic heterocycles. The predicted octanol–water partition coefficient (Wildman–Crippen LogP) is 4.41. The van der Waals surface area contributed by atoms with E-state index in [2.05, 4.69) is 4.98 Å². The van der Waals surface area contributed by atoms with Crippen LogP contribution in [0.1, 0.15) is 17.5 Å². The van der Waals surface area contributed by atoms with Crippen molar-refractivity contribution < 1.29 is 41.0 Å². The Hall–Kier alpha value is -4.20. The van der Waals surface area contributed by atoms with Crippen molar-refractivity contribution in [3.63, 3.8) is 0 Å². The number of pyridine rings is 1. The van der Waals surface area contributed by atoms with Crippen LogP contribution in [-0.4, -0.2) is 69.9 Å². The second kappa shape index (κ2) is 11.7. The molecule has 0 bridgehead atoms. The molecule has 2 heterocycles. The molecule has 14 heteroatoms. The van der Waals surface area contributed by atoms with Gasteiger partial charge in [0.1, 0.15) is 23.1 Å². The number of anilines is 2. The van der Waals surface area contributed by atoms with Crippen LogP contribution in [-0.2, 0) is 16.6 Å². The first-order chi connectivity index (χ1) is 19.4. The largest absolute Gasteiger partial charge is 0.497 e. The number of benzene rings is 2. The van der Waals surface area contributed by atoms with Gasteiger partial charge in [-0.1, -0.05) is 6.07 Å². The van der Waals surface area contributed by atoms with Crippen LogP contribution in [0.25, 0.3) is 0 Å². The van der Waals surface area contributed by atoms with Crippen LogP contribution in [0.15, 0.2) is 47.4 Å². The molecule has 4 rings (SSSR count). The van der Waals surface area contributed by atoms with Gasteiger partial charge in [0.2, 0.25) is 5.95 Å². The third-order valence-electron chi connectivity index (χ3n) is 7.07. The first kappa shape index (κ1) is 29.8. The van der Waals surface area contributed by atoms with Crippen LogP contribution in [0, 0.1) is 24.5 Å². The topological polar surface area (TPSA) is 113 Å². The highest BCUT2D eigenvalue weighted by Crippen LogP contribution is 2.36. The number of aromatic nitrogens is 1. The van der Waals surface area contributed by atoms with Gasteiger partial charge in [0.05, 0.1) is 20.8 Å². The molecule has 41 heavy (non-hydrogen) atoms. The highest BCUT2D eigenvalue weighted by Gasteiger charge is 2.36. The molecule has 1 aliphatic rings. The standard InChI is InChI=1S/C27H29F3N4O6S/c1-16-21(32(2)18-10-11-33(15-18)27(35)36)13-20(28)26(25(16)30)41(37,38)34(24-7-5-6-23(29)31-24)14-17-8-9-19(39-3)12-22(17)40-4/h5-9,12-13,18H,10-11,14-15H2,1-4H3,(H,35,36). The number of rotatable bonds is 9. The molecular weight excluding hydrogens is 565 g/mol. The first-order valence-corrected chi connectivity index (χ1v) is 13.9. The zero-order valence-corrected chi connectivity index (χ0v) is 23.6. The number of amides is 1. The Morgan fingerprint density at radius 1 is 1.15 bits per heavy atom. The molecular formula is C27H29F3N4O6S. The van der Waals surface area contributed by atoms with Crippen LogP contribution in [0.2, 0.25) is 0 Å². The van der Waals surface area contributed by atoms with Gasteiger partial charge >= 0.3 is 6.09 Å². The van der Waals surface area contributed by atoms with Crippen molar-refractivity contribution in [2.45, 2.75) is 30.8 Å². The van der Waals surface area contributed by atoms with Gasteiger partial charge in [-0.05, 0) is 43.7 Å². The number of likely N-dealkylation sites (tertiary alicyclic amines) is 1. The monoisotopic (exact) mass is 594 g/mol. The third kappa shape index (κ3) is 5.82. The SMILES string of the molecule is COc1ccc(CN(c2cccc(F)n2)S(=O)(=O)c2c(F)cc(N(C)C3CCN(C(=O)O)C3)c(C)c2F)c(OC)c1. The average molecular weight is 595 g/mol. The van der Waals surface area contributed by atoms with Crippen LogP contribution in [0.5, 0.6) is 11.5 Å². The van der Waals surface area contributed by atoms with E-state index in [-0.39, 0.29) is 36.1 Å². The minimum absolute atomic E-state index is 0.0726. The van der Waals surface area contributed by atoms with Crippen LogP contribution in [0.4, 0.5) is 29.5 Å². The number of ether oxygens (including phenoxy) is 2. The van der Waals surface area contributed by atoms with Crippen LogP contribution >= 0.6 is 0 Å². The number of methoxy groups -OCH3 is 2. The van der Waals surface area contributed by atoms with Crippen molar-refractivity contribution in [2.75, 3.05) is 43.6 Å². The summed E-state index contributed by atoms with van der Waals surface area (Å²) in [7, 11) is -0.659. The van der Waals surface area contributed by atoms with E-state index in [9.17, 15) is 22.7 Å². The number of sulfonamides is 1. The van der Waals surface area contributed by atoms with E-state index in [0.29, 0.717) is 22.0 Å². The molecule has 1 atom stereocenters. The van der Waals surface area contributed by atoms with Gasteiger partial charge in [0.15, 0.2) is 10.7 Å². The molecule has 1 unspecified atom stereocenters. The van der Waals surface area contributed by atoms with E-state index >= 15 is 8.78 Å². The normalized spacial score (nSPS) is 15.1. The molecule has 1 saturated heterocycles. The Balaban J connectivity index is 1.80. The van der Waals surface area contributed by atoms with E-state index in [1.54, 1.807) is 13.1 Å². The lowest BCUT2D eigenvalue weighted by Crippen LogP contribution is -2.37. The lowest BCUT2D eigenvalue weighted by atomic mass is 10.1. The number of halogens is 3. The van der Waals surface area contributed by atoms with Gasteiger partial charge < -0.3 is 24.4 Å². The number of likely N-dealkylation sites (N-methyl/N-ethyl adjacent to an activating group) is 1. The number of hydrogen-bond donors (Lipinski definition) is 1. The molecule has 1 fully saturated rings. The molecule has 0 spiro atoms. The molecule has 1 aromatic heterocycles. The molecule has 10 nitrogen and oxygen atoms in total. The summed E-state index contributed by atoms with van der Waals surface area (Å²) in [5, 5.41) is 9.25. The summed E-state index contributed by atoms with van der Waals surface area (Å²) in [6.07, 6.45) is -0.676. The molecule has 3 aromatic rings. The number of hydrogen-bond acceptors (Lipinski definition) is 7. The molecule has 0 saturated carbocycles. The average Bonchev–Trinajstić information content (AvgIpc) is 3.44. The summed E-state index contributed by atoms with van der Waals surface area (Å²) in [6, 6.07) is 8.53. The van der Waals surface area contributed by atoms with Gasteiger partial charge in [-0.2, -0.15) is 4.39 Å². The van der Waals surface area contributed by atoms with Crippen molar-refractivity contribution in [3.05, 3.63) is 71.2 Å². The second-order valence-electron chi connectivity index (χ2n) is 9.44. The van der Waals surface area contributed by atoms with Crippen molar-refractivity contribution in [1.82, 2.24) is 9.88 Å². The summed E-state index contributed by atoms with van der Waals surface area (Å²) in [5.74, 6) is -3.45. The van der Waals surface area contributed by atoms with E-state index in [1.165, 1.54) is 55.2 Å². The summed E-state index contributed by atoms with van der Waals surface area (Å²) in [5.41, 5.74) is 0.208. The van der Waals surface area contributed by atoms with E-state index in [0.717, 1.165) is 12.1 Å². The van der Waals surface area contributed by atoms with Gasteiger partial charge in [-0.3, -0.25) is 0 Å².